The normalized spacial score (nSPS) is 29.8. The Hall–Kier alpha value is -3.81. The summed E-state index contributed by atoms with van der Waals surface area (Å²) in [6.45, 7) is 4.98. The summed E-state index contributed by atoms with van der Waals surface area (Å²) in [5.41, 5.74) is -1.20. The van der Waals surface area contributed by atoms with Gasteiger partial charge in [-0.15, -0.1) is 0 Å². The second-order valence-electron chi connectivity index (χ2n) is 10.5. The molecule has 1 heterocycles. The van der Waals surface area contributed by atoms with Crippen LogP contribution in [0.15, 0.2) is 90.0 Å². The van der Waals surface area contributed by atoms with Crippen molar-refractivity contribution in [1.29, 1.82) is 0 Å². The fourth-order valence-electron chi connectivity index (χ4n) is 6.80. The molecule has 5 rings (SSSR count). The molecule has 0 bridgehead atoms. The van der Waals surface area contributed by atoms with E-state index >= 15 is 0 Å². The van der Waals surface area contributed by atoms with Crippen LogP contribution in [0.5, 0.6) is 0 Å². The number of ether oxygens (including phenoxy) is 1. The van der Waals surface area contributed by atoms with Gasteiger partial charge in [0.1, 0.15) is 11.7 Å². The first kappa shape index (κ1) is 27.7. The number of benzene rings is 3. The maximum absolute atomic E-state index is 15.0. The highest BCUT2D eigenvalue weighted by molar-refractivity contribution is 6.30. The van der Waals surface area contributed by atoms with E-state index in [1.54, 1.807) is 50.2 Å². The molecule has 1 aliphatic heterocycles. The van der Waals surface area contributed by atoms with Crippen molar-refractivity contribution in [1.82, 2.24) is 0 Å². The highest BCUT2D eigenvalue weighted by Gasteiger charge is 2.72. The fraction of sp³-hybridized carbons (Fsp3) is 0.312. The van der Waals surface area contributed by atoms with Crippen LogP contribution in [-0.4, -0.2) is 41.2 Å². The molecule has 0 unspecified atom stereocenters. The van der Waals surface area contributed by atoms with E-state index in [0.29, 0.717) is 33.8 Å². The lowest BCUT2D eigenvalue weighted by Gasteiger charge is -2.57. The molecule has 0 aromatic heterocycles. The minimum atomic E-state index is -1.88. The molecule has 3 aromatic carbocycles. The summed E-state index contributed by atoms with van der Waals surface area (Å²) >= 11 is 6.44. The van der Waals surface area contributed by atoms with Crippen LogP contribution in [0.4, 0.5) is 5.69 Å². The zero-order valence-electron chi connectivity index (χ0n) is 22.5. The first-order chi connectivity index (χ1) is 19.2. The average Bonchev–Trinajstić information content (AvgIpc) is 3.20. The van der Waals surface area contributed by atoms with Gasteiger partial charge in [-0.1, -0.05) is 72.3 Å². The number of nitrogens with zero attached hydrogens (tertiary/aromatic N) is 2. The fourth-order valence-corrected chi connectivity index (χ4v) is 7.00. The molecule has 1 N–H and O–H groups in total. The lowest BCUT2D eigenvalue weighted by molar-refractivity contribution is -0.179. The van der Waals surface area contributed by atoms with Gasteiger partial charge in [0, 0.05) is 16.9 Å². The number of carbonyl (C=O) groups is 3. The zero-order valence-corrected chi connectivity index (χ0v) is 23.3. The minimum Gasteiger partial charge on any atom is -0.466 e. The van der Waals surface area contributed by atoms with E-state index in [0.717, 1.165) is 0 Å². The van der Waals surface area contributed by atoms with E-state index in [9.17, 15) is 19.5 Å². The van der Waals surface area contributed by atoms with Crippen LogP contribution in [0.25, 0.3) is 0 Å². The Morgan fingerprint density at radius 2 is 1.65 bits per heavy atom. The molecule has 40 heavy (non-hydrogen) atoms. The highest BCUT2D eigenvalue weighted by atomic mass is 35.5. The first-order valence-corrected chi connectivity index (χ1v) is 13.7. The van der Waals surface area contributed by atoms with Gasteiger partial charge in [0.15, 0.2) is 0 Å². The summed E-state index contributed by atoms with van der Waals surface area (Å²) < 4.78 is 5.51. The van der Waals surface area contributed by atoms with Crippen LogP contribution in [0.1, 0.15) is 43.7 Å². The largest absolute Gasteiger partial charge is 0.466 e. The number of rotatable bonds is 6. The summed E-state index contributed by atoms with van der Waals surface area (Å²) in [5.74, 6) is -5.34. The van der Waals surface area contributed by atoms with Crippen molar-refractivity contribution >= 4 is 41.2 Å². The Bertz CT molecular complexity index is 1460. The number of aliphatic hydroxyl groups is 1. The first-order valence-electron chi connectivity index (χ1n) is 13.3. The Morgan fingerprint density at radius 1 is 1.02 bits per heavy atom. The summed E-state index contributed by atoms with van der Waals surface area (Å²) in [6.07, 6.45) is 0.645. The van der Waals surface area contributed by atoms with E-state index in [4.69, 9.17) is 21.4 Å². The molecule has 8 heteroatoms. The molecular formula is C32H31ClN2O5. The molecule has 1 aliphatic carbocycles. The number of hydrazone groups is 1. The SMILES string of the molecule is CCOC(=O)[C@H]1[C@H](c2ccccc2)[C@]2(C(=O)N(c3ccccc3)N=C2C)[C@H](c2cccc(Cl)c2)[C@@H](C=O)[C@@]1(C)O. The Balaban J connectivity index is 1.89. The number of halogens is 1. The predicted molar refractivity (Wildman–Crippen MR) is 153 cm³/mol. The molecule has 3 aromatic rings. The molecule has 0 radical (unpaired) electrons. The minimum absolute atomic E-state index is 0.0700. The van der Waals surface area contributed by atoms with E-state index in [1.165, 1.54) is 11.9 Å². The average molecular weight is 559 g/mol. The number of esters is 1. The quantitative estimate of drug-likeness (QED) is 0.324. The maximum Gasteiger partial charge on any atom is 0.312 e. The zero-order chi connectivity index (χ0) is 28.7. The number of hydrogen-bond acceptors (Lipinski definition) is 6. The van der Waals surface area contributed by atoms with E-state index < -0.39 is 46.6 Å². The van der Waals surface area contributed by atoms with Crippen molar-refractivity contribution in [3.63, 3.8) is 0 Å². The van der Waals surface area contributed by atoms with Crippen molar-refractivity contribution in [2.24, 2.45) is 22.4 Å². The molecule has 2 aliphatic rings. The summed E-state index contributed by atoms with van der Waals surface area (Å²) in [5, 5.41) is 18.7. The third-order valence-corrected chi connectivity index (χ3v) is 8.66. The maximum atomic E-state index is 15.0. The van der Waals surface area contributed by atoms with Gasteiger partial charge in [0.05, 0.1) is 35.4 Å². The van der Waals surface area contributed by atoms with Crippen LogP contribution in [0, 0.1) is 17.3 Å². The monoisotopic (exact) mass is 558 g/mol. The van der Waals surface area contributed by atoms with Crippen LogP contribution >= 0.6 is 11.6 Å². The topological polar surface area (TPSA) is 96.3 Å². The number of hydrogen-bond donors (Lipinski definition) is 1. The van der Waals surface area contributed by atoms with Crippen LogP contribution < -0.4 is 5.01 Å². The molecule has 206 valence electrons. The van der Waals surface area contributed by atoms with Gasteiger partial charge >= 0.3 is 5.97 Å². The van der Waals surface area contributed by atoms with Crippen molar-refractivity contribution in [3.05, 3.63) is 101 Å². The van der Waals surface area contributed by atoms with E-state index in [1.807, 2.05) is 48.5 Å². The second-order valence-corrected chi connectivity index (χ2v) is 11.0. The van der Waals surface area contributed by atoms with Crippen molar-refractivity contribution < 1.29 is 24.2 Å². The second kappa shape index (κ2) is 10.6. The summed E-state index contributed by atoms with van der Waals surface area (Å²) in [4.78, 5) is 41.8. The van der Waals surface area contributed by atoms with Gasteiger partial charge in [-0.25, -0.2) is 0 Å². The van der Waals surface area contributed by atoms with Gasteiger partial charge < -0.3 is 14.6 Å². The Labute approximate surface area is 238 Å². The van der Waals surface area contributed by atoms with Gasteiger partial charge in [-0.3, -0.25) is 9.59 Å². The number of aldehydes is 1. The van der Waals surface area contributed by atoms with Gasteiger partial charge in [-0.2, -0.15) is 10.1 Å². The smallest absolute Gasteiger partial charge is 0.312 e. The Kier molecular flexibility index (Phi) is 7.38. The molecule has 6 atom stereocenters. The lowest BCUT2D eigenvalue weighted by atomic mass is 9.44. The third kappa shape index (κ3) is 4.16. The molecule has 7 nitrogen and oxygen atoms in total. The molecule has 1 amide bonds. The number of para-hydroxylation sites is 1. The molecular weight excluding hydrogens is 528 g/mol. The van der Waals surface area contributed by atoms with Crippen molar-refractivity contribution in [2.75, 3.05) is 11.6 Å². The standard InChI is InChI=1S/C32H31ClN2O5/c1-4-40-29(37)28-27(21-12-7-5-8-13-21)32(20(2)34-35(30(32)38)24-16-9-6-10-17-24)26(25(19-36)31(28,3)39)22-14-11-15-23(33)18-22/h5-19,25-28,39H,4H2,1-3H3/t25-,26-,27+,28-,31-,32-/m1/s1. The molecule has 1 saturated carbocycles. The lowest BCUT2D eigenvalue weighted by Crippen LogP contribution is -2.66. The highest BCUT2D eigenvalue weighted by Crippen LogP contribution is 2.65. The van der Waals surface area contributed by atoms with Crippen LogP contribution in [0.2, 0.25) is 5.02 Å². The van der Waals surface area contributed by atoms with Crippen LogP contribution in [0.3, 0.4) is 0 Å². The molecule has 1 spiro atoms. The summed E-state index contributed by atoms with van der Waals surface area (Å²) in [7, 11) is 0. The predicted octanol–water partition coefficient (Wildman–Crippen LogP) is 5.38. The molecule has 0 saturated heterocycles. The number of carbonyl (C=O) groups excluding carboxylic acids is 3. The van der Waals surface area contributed by atoms with E-state index in [-0.39, 0.29) is 6.61 Å². The molecule has 1 fully saturated rings. The Morgan fingerprint density at radius 3 is 2.25 bits per heavy atom. The number of amides is 1. The van der Waals surface area contributed by atoms with Gasteiger partial charge in [0.2, 0.25) is 0 Å². The van der Waals surface area contributed by atoms with Crippen molar-refractivity contribution in [3.8, 4) is 0 Å². The van der Waals surface area contributed by atoms with E-state index in [2.05, 4.69) is 0 Å². The van der Waals surface area contributed by atoms with Gasteiger partial charge in [0.25, 0.3) is 5.91 Å². The van der Waals surface area contributed by atoms with Gasteiger partial charge in [-0.05, 0) is 56.2 Å². The number of anilines is 1. The third-order valence-electron chi connectivity index (χ3n) is 8.43. The van der Waals surface area contributed by atoms with Crippen molar-refractivity contribution in [2.45, 2.75) is 38.2 Å². The van der Waals surface area contributed by atoms with Crippen LogP contribution in [-0.2, 0) is 19.1 Å². The summed E-state index contributed by atoms with van der Waals surface area (Å²) in [6, 6.07) is 25.1.